The van der Waals surface area contributed by atoms with Crippen LogP contribution in [0, 0.1) is 25.5 Å². The maximum Gasteiger partial charge on any atom is 0.411 e. The van der Waals surface area contributed by atoms with Crippen LogP contribution in [0.5, 0.6) is 28.7 Å². The number of hydrogen-bond acceptors (Lipinski definition) is 26. The first kappa shape index (κ1) is 106. The van der Waals surface area contributed by atoms with E-state index in [4.69, 9.17) is 80.3 Å². The van der Waals surface area contributed by atoms with Gasteiger partial charge in [0.05, 0.1) is 102 Å². The molecule has 5 atom stereocenters. The number of aliphatic carboxylic acids is 1. The highest BCUT2D eigenvalue weighted by Gasteiger charge is 2.44. The lowest BCUT2D eigenvalue weighted by molar-refractivity contribution is -0.142. The maximum absolute atomic E-state index is 13.7. The average molecular weight is 1950 g/mol. The number of fused-ring (bicyclic) bond motifs is 3. The van der Waals surface area contributed by atoms with E-state index in [0.29, 0.717) is 101 Å². The number of methoxy groups -OCH3 is 5. The second-order valence-corrected chi connectivity index (χ2v) is 39.9. The summed E-state index contributed by atoms with van der Waals surface area (Å²) in [6.45, 7) is 42.2. The molecule has 34 heteroatoms. The predicted molar refractivity (Wildman–Crippen MR) is 544 cm³/mol. The minimum Gasteiger partial charge on any atom is -0.497 e. The van der Waals surface area contributed by atoms with Crippen LogP contribution in [0.15, 0.2) is 215 Å². The van der Waals surface area contributed by atoms with Crippen LogP contribution in [-0.2, 0) is 49.5 Å². The van der Waals surface area contributed by atoms with Gasteiger partial charge in [-0.05, 0) is 232 Å². The van der Waals surface area contributed by atoms with Gasteiger partial charge in [-0.3, -0.25) is 39.3 Å². The number of aromatic nitrogens is 2. The molecule has 10 heterocycles. The minimum absolute atomic E-state index is 0.0223. The fourth-order valence-corrected chi connectivity index (χ4v) is 18.1. The second kappa shape index (κ2) is 45.9. The zero-order valence-corrected chi connectivity index (χ0v) is 83.6. The number of Topliss-reactive ketones (excluding diaryl/α,β-unsaturated/α-hetero) is 1. The Morgan fingerprint density at radius 1 is 0.436 bits per heavy atom. The van der Waals surface area contributed by atoms with E-state index in [0.717, 1.165) is 133 Å². The number of ketones is 1. The van der Waals surface area contributed by atoms with Gasteiger partial charge in [-0.1, -0.05) is 91.1 Å². The molecule has 740 valence electrons. The van der Waals surface area contributed by atoms with Gasteiger partial charge in [0, 0.05) is 106 Å². The van der Waals surface area contributed by atoms with Gasteiger partial charge in [0.15, 0.2) is 11.5 Å². The highest BCUT2D eigenvalue weighted by Crippen LogP contribution is 2.42. The van der Waals surface area contributed by atoms with Gasteiger partial charge >= 0.3 is 30.2 Å². The van der Waals surface area contributed by atoms with Crippen LogP contribution in [0.1, 0.15) is 148 Å². The highest BCUT2D eigenvalue weighted by molar-refractivity contribution is 7.15. The number of thiazole rings is 2. The first-order valence-electron chi connectivity index (χ1n) is 45.2. The molecule has 17 rings (SSSR count). The van der Waals surface area contributed by atoms with Crippen LogP contribution >= 0.6 is 22.7 Å². The van der Waals surface area contributed by atoms with Crippen molar-refractivity contribution in [2.24, 2.45) is 15.0 Å². The number of nitrogens with two attached hydrogens (primary N) is 3. The topological polar surface area (TPSA) is 400 Å². The molecule has 0 spiro atoms. The summed E-state index contributed by atoms with van der Waals surface area (Å²) < 4.78 is 68.1. The lowest BCUT2D eigenvalue weighted by atomic mass is 10.00. The molecular weight excluding hydrogens is 1830 g/mol. The van der Waals surface area contributed by atoms with Gasteiger partial charge in [-0.15, -0.1) is 22.7 Å². The Balaban J connectivity index is 0.000000160. The van der Waals surface area contributed by atoms with E-state index in [2.05, 4.69) is 54.2 Å². The number of benzene rings is 7. The summed E-state index contributed by atoms with van der Waals surface area (Å²) in [4.78, 5) is 115. The van der Waals surface area contributed by atoms with Crippen molar-refractivity contribution >= 4 is 116 Å². The Bertz CT molecular complexity index is 6300. The third-order valence-electron chi connectivity index (χ3n) is 22.9. The first-order valence-corrected chi connectivity index (χ1v) is 46.9. The largest absolute Gasteiger partial charge is 0.497 e. The fourth-order valence-electron chi connectivity index (χ4n) is 16.3. The molecule has 8 aliphatic heterocycles. The number of carbonyl (C=O) groups is 7. The molecule has 0 unspecified atom stereocenters. The number of amides is 4. The number of anilines is 3. The van der Waals surface area contributed by atoms with Crippen molar-refractivity contribution in [3.05, 3.63) is 256 Å². The molecule has 0 radical (unpaired) electrons. The number of rotatable bonds is 16. The monoisotopic (exact) mass is 1950 g/mol. The SMILES string of the molecule is C=C1CN[C@H](C2=Nc3ccc(OC)cc3C2)C1.C=C1C[C@@H](C(=O)Cc2ccc(OC)cc2N)N(C(=O)OC(C)(C)C)C1.C=C1C[C@@H](C(=O)O)N(C(=O)OC(C)(C)C)C1.C=C1C[C@@H](C2=Nc3ccc(OC)cc3C2)N(C(=O)OC(C)(C)C)C1.C=C1C[C@@H](C2=Nc3ccc(OC)cc3C2)N(C(=O)c2nc(C)sc2-c2ccc(F)cc2)C1.COc1ccc(N)c(N)c1.Cc1nc(C(=O)O)c(-c2ccc(F)cc2)s1. The van der Waals surface area contributed by atoms with Crippen LogP contribution in [0.4, 0.5) is 57.3 Å². The number of aryl methyl sites for hydroxylation is 2. The van der Waals surface area contributed by atoms with Gasteiger partial charge < -0.3 is 75.5 Å². The third-order valence-corrected chi connectivity index (χ3v) is 25.0. The van der Waals surface area contributed by atoms with Crippen LogP contribution in [-0.4, -0.2) is 214 Å². The molecule has 140 heavy (non-hydrogen) atoms. The Morgan fingerprint density at radius 2 is 0.800 bits per heavy atom. The Hall–Kier alpha value is -14.4. The average Bonchev–Trinajstić information content (AvgIpc) is 1.62. The standard InChI is InChI=1S/C25H22FN3O2S.C19H26N2O4.C19H24N2O3.C14H16N2O.C11H8FNO2S.C11H17NO4.C7H10N2O/c1-14-10-22(21-12-17-11-19(31-3)8-9-20(17)28-21)29(13-14)25(30)23-24(32-15(2)27-23)16-4-6-18(26)7-5-16;1-12-8-16(21(11-12)18(23)25-19(2,3)4)17(22)9-13-6-7-14(24-5)10-15(13)20;1-12-8-17(21(11-12)18(22)24-19(2,3)4)16-10-13-9-14(23-5)6-7-15(13)20-16;1-9-5-13(15-8-9)14-7-10-6-11(17-2)3-4-12(10)16-14;1-6-13-9(11(14)15)10(16-6)7-2-4-8(12)5-3-7;1-7-5-8(9(13)14)12(6-7)10(15)16-11(2,3)4;1-10-5-2-3-6(8)7(9)4-5/h4-9,11,22H,1,10,12-13H2,2-3H3;6-7,10,16H,1,8-9,11,20H2,2-5H3;6-7,9,17H,1,8,10-11H2,2-5H3;3-4,6,13,15H,1,5,7-8H2,2H3;2-5H,1H3,(H,14,15);8H,1,5-6H2,2-4H3,(H,13,14);2-4H,8-9H2,1H3/t22-;16-;17-;13-;;8-;/m0000.0./s1. The molecule has 4 amide bonds. The van der Waals surface area contributed by atoms with Crippen LogP contribution < -0.4 is 46.2 Å². The number of aromatic carboxylic acids is 1. The normalized spacial score (nSPS) is 17.5. The minimum atomic E-state index is -1.07. The molecule has 0 saturated carbocycles. The van der Waals surface area contributed by atoms with Gasteiger partial charge in [-0.25, -0.2) is 42.7 Å². The number of halogens is 2. The van der Waals surface area contributed by atoms with E-state index >= 15 is 0 Å². The number of hydrogen-bond donors (Lipinski definition) is 6. The Kier molecular flexibility index (Phi) is 34.8. The molecule has 7 aromatic carbocycles. The van der Waals surface area contributed by atoms with Gasteiger partial charge in [0.2, 0.25) is 0 Å². The summed E-state index contributed by atoms with van der Waals surface area (Å²) >= 11 is 2.73. The highest BCUT2D eigenvalue weighted by atomic mass is 32.1. The van der Waals surface area contributed by atoms with Crippen LogP contribution in [0.25, 0.3) is 20.9 Å². The molecule has 0 aliphatic carbocycles. The number of nitrogen functional groups attached to an aromatic ring is 3. The summed E-state index contributed by atoms with van der Waals surface area (Å²) in [6, 6.07) is 38.8. The zero-order valence-electron chi connectivity index (χ0n) is 81.9. The molecule has 5 fully saturated rings. The number of aliphatic imine (C=N–C) groups is 3. The van der Waals surface area contributed by atoms with Crippen molar-refractivity contribution in [3.8, 4) is 49.6 Å². The fraction of sp³-hybridized carbons (Fsp3) is 0.358. The van der Waals surface area contributed by atoms with Gasteiger partial charge in [-0.2, -0.15) is 0 Å². The van der Waals surface area contributed by atoms with E-state index in [1.807, 2.05) is 81.1 Å². The molecule has 8 aliphatic rings. The summed E-state index contributed by atoms with van der Waals surface area (Å²) in [7, 11) is 8.15. The maximum atomic E-state index is 13.7. The summed E-state index contributed by atoms with van der Waals surface area (Å²) in [6.07, 6.45) is 4.28. The first-order chi connectivity index (χ1) is 66.1. The summed E-state index contributed by atoms with van der Waals surface area (Å²) in [5.41, 5.74) is 33.9. The number of nitrogens with zero attached hydrogens (tertiary/aromatic N) is 9. The van der Waals surface area contributed by atoms with E-state index in [-0.39, 0.29) is 60.2 Å². The Morgan fingerprint density at radius 3 is 1.21 bits per heavy atom. The lowest BCUT2D eigenvalue weighted by Gasteiger charge is -2.28. The summed E-state index contributed by atoms with van der Waals surface area (Å²) in [5.74, 6) is 0.920. The molecule has 2 aromatic heterocycles. The smallest absolute Gasteiger partial charge is 0.411 e. The number of ether oxygens (including phenoxy) is 8. The van der Waals surface area contributed by atoms with Crippen molar-refractivity contribution in [1.82, 2.24) is 34.9 Å². The van der Waals surface area contributed by atoms with Crippen LogP contribution in [0.2, 0.25) is 0 Å². The van der Waals surface area contributed by atoms with Crippen molar-refractivity contribution < 1.29 is 90.5 Å². The molecule has 0 bridgehead atoms. The van der Waals surface area contributed by atoms with Crippen molar-refractivity contribution in [3.63, 3.8) is 0 Å². The number of nitrogens with one attached hydrogen (secondary N) is 1. The molecule has 5 saturated heterocycles. The van der Waals surface area contributed by atoms with Crippen molar-refractivity contribution in [2.75, 3.05) is 85.5 Å². The van der Waals surface area contributed by atoms with Crippen molar-refractivity contribution in [1.29, 1.82) is 0 Å². The lowest BCUT2D eigenvalue weighted by Crippen LogP contribution is -2.43. The molecule has 30 nitrogen and oxygen atoms in total. The Labute approximate surface area is 823 Å². The zero-order chi connectivity index (χ0) is 102. The van der Waals surface area contributed by atoms with Gasteiger partial charge in [0.1, 0.15) is 68.9 Å². The summed E-state index contributed by atoms with van der Waals surface area (Å²) in [5, 5.41) is 22.8. The number of carboxylic acids is 2. The van der Waals surface area contributed by atoms with E-state index in [9.17, 15) is 42.3 Å². The van der Waals surface area contributed by atoms with Gasteiger partial charge in [0.25, 0.3) is 5.91 Å². The number of likely N-dealkylation sites (tertiary alicyclic amines) is 4. The molecule has 9 aromatic rings. The molecular formula is C106H123F2N13O17S2. The number of carboxylic acid groups (broad SMARTS) is 2. The van der Waals surface area contributed by atoms with Crippen molar-refractivity contribution in [2.45, 2.75) is 181 Å². The second-order valence-electron chi connectivity index (χ2n) is 37.5. The van der Waals surface area contributed by atoms with E-state index in [1.165, 1.54) is 73.6 Å². The quantitative estimate of drug-likeness (QED) is 0.0297. The van der Waals surface area contributed by atoms with E-state index < -0.39 is 53.0 Å². The third kappa shape index (κ3) is 28.2. The van der Waals surface area contributed by atoms with E-state index in [1.54, 1.807) is 150 Å². The molecule has 9 N–H and O–H groups in total. The predicted octanol–water partition coefficient (Wildman–Crippen LogP) is 19.9. The van der Waals surface area contributed by atoms with Crippen LogP contribution in [0.3, 0.4) is 0 Å². The number of carbonyl (C=O) groups excluding carboxylic acids is 5.